The van der Waals surface area contributed by atoms with E-state index in [2.05, 4.69) is 15.3 Å². The van der Waals surface area contributed by atoms with Crippen molar-refractivity contribution in [2.75, 3.05) is 0 Å². The van der Waals surface area contributed by atoms with Crippen molar-refractivity contribution in [3.05, 3.63) is 65.2 Å². The standard InChI is InChI=1S/C18H13F3N4OS/c1-11(26-14-5-3-2-4-6-14)16-24-25-15(22-23-17(25)27-16)12-7-9-13(10-8-12)18(19,20)21/h2-11H,1H3. The fraction of sp³-hybridized carbons (Fsp3) is 0.167. The number of nitrogens with zero attached hydrogens (tertiary/aromatic N) is 4. The fourth-order valence-corrected chi connectivity index (χ4v) is 3.36. The van der Waals surface area contributed by atoms with Crippen molar-refractivity contribution in [1.82, 2.24) is 19.8 Å². The Hall–Kier alpha value is -2.94. The van der Waals surface area contributed by atoms with Gasteiger partial charge in [-0.1, -0.05) is 41.7 Å². The number of fused-ring (bicyclic) bond motifs is 1. The van der Waals surface area contributed by atoms with E-state index in [1.165, 1.54) is 28.0 Å². The second-order valence-corrected chi connectivity index (χ2v) is 6.79. The van der Waals surface area contributed by atoms with Crippen LogP contribution in [0, 0.1) is 0 Å². The maximum atomic E-state index is 12.7. The van der Waals surface area contributed by atoms with E-state index in [1.807, 2.05) is 37.3 Å². The molecule has 2 aromatic heterocycles. The minimum absolute atomic E-state index is 0.306. The van der Waals surface area contributed by atoms with Gasteiger partial charge in [0.05, 0.1) is 5.56 Å². The van der Waals surface area contributed by atoms with Gasteiger partial charge in [0, 0.05) is 5.56 Å². The van der Waals surface area contributed by atoms with E-state index < -0.39 is 11.7 Å². The molecule has 0 saturated carbocycles. The number of alkyl halides is 3. The van der Waals surface area contributed by atoms with Crippen molar-refractivity contribution in [2.45, 2.75) is 19.2 Å². The van der Waals surface area contributed by atoms with Crippen molar-refractivity contribution >= 4 is 16.3 Å². The lowest BCUT2D eigenvalue weighted by molar-refractivity contribution is -0.137. The Morgan fingerprint density at radius 1 is 1.00 bits per heavy atom. The smallest absolute Gasteiger partial charge is 0.416 e. The molecule has 9 heteroatoms. The van der Waals surface area contributed by atoms with Gasteiger partial charge in [0.2, 0.25) is 4.96 Å². The third-order valence-corrected chi connectivity index (χ3v) is 4.94. The van der Waals surface area contributed by atoms with Gasteiger partial charge in [-0.25, -0.2) is 0 Å². The monoisotopic (exact) mass is 390 g/mol. The molecule has 5 nitrogen and oxygen atoms in total. The molecular formula is C18H13F3N4OS. The third-order valence-electron chi connectivity index (χ3n) is 3.88. The molecular weight excluding hydrogens is 377 g/mol. The summed E-state index contributed by atoms with van der Waals surface area (Å²) in [6.45, 7) is 1.87. The lowest BCUT2D eigenvalue weighted by Gasteiger charge is -2.11. The average Bonchev–Trinajstić information content (AvgIpc) is 3.22. The molecule has 1 unspecified atom stereocenters. The number of halogens is 3. The number of rotatable bonds is 4. The first-order valence-corrected chi connectivity index (χ1v) is 8.85. The summed E-state index contributed by atoms with van der Waals surface area (Å²) >= 11 is 1.32. The van der Waals surface area contributed by atoms with Gasteiger partial charge in [0.1, 0.15) is 11.9 Å². The highest BCUT2D eigenvalue weighted by Gasteiger charge is 2.30. The molecule has 1 atom stereocenters. The Bertz CT molecular complexity index is 1060. The molecule has 27 heavy (non-hydrogen) atoms. The molecule has 138 valence electrons. The predicted octanol–water partition coefficient (Wildman–Crippen LogP) is 5.01. The summed E-state index contributed by atoms with van der Waals surface area (Å²) in [6, 6.07) is 14.1. The van der Waals surface area contributed by atoms with E-state index in [0.717, 1.165) is 17.9 Å². The summed E-state index contributed by atoms with van der Waals surface area (Å²) in [5.41, 5.74) is -0.208. The summed E-state index contributed by atoms with van der Waals surface area (Å²) in [6.07, 6.45) is -4.68. The van der Waals surface area contributed by atoms with Crippen LogP contribution in [-0.2, 0) is 6.18 Å². The second kappa shape index (κ2) is 6.66. The average molecular weight is 390 g/mol. The van der Waals surface area contributed by atoms with Crippen LogP contribution >= 0.6 is 11.3 Å². The molecule has 0 spiro atoms. The highest BCUT2D eigenvalue weighted by molar-refractivity contribution is 7.16. The molecule has 0 amide bonds. The van der Waals surface area contributed by atoms with Gasteiger partial charge in [0.15, 0.2) is 10.8 Å². The summed E-state index contributed by atoms with van der Waals surface area (Å²) in [5.74, 6) is 1.10. The maximum Gasteiger partial charge on any atom is 0.416 e. The number of para-hydroxylation sites is 1. The number of benzene rings is 2. The molecule has 4 aromatic rings. The Labute approximate surface area is 156 Å². The van der Waals surface area contributed by atoms with Gasteiger partial charge in [-0.05, 0) is 31.2 Å². The molecule has 0 aliphatic rings. The number of ether oxygens (including phenoxy) is 1. The number of aromatic nitrogens is 4. The fourth-order valence-electron chi connectivity index (χ4n) is 2.54. The first-order chi connectivity index (χ1) is 12.9. The van der Waals surface area contributed by atoms with Gasteiger partial charge < -0.3 is 4.74 Å². The van der Waals surface area contributed by atoms with Crippen molar-refractivity contribution < 1.29 is 17.9 Å². The van der Waals surface area contributed by atoms with Crippen LogP contribution in [0.5, 0.6) is 5.75 Å². The van der Waals surface area contributed by atoms with E-state index in [1.54, 1.807) is 0 Å². The molecule has 0 radical (unpaired) electrons. The maximum absolute atomic E-state index is 12.7. The SMILES string of the molecule is CC(Oc1ccccc1)c1nn2c(-c3ccc(C(F)(F)F)cc3)nnc2s1. The predicted molar refractivity (Wildman–Crippen MR) is 94.6 cm³/mol. The van der Waals surface area contributed by atoms with Gasteiger partial charge >= 0.3 is 6.18 Å². The van der Waals surface area contributed by atoms with Gasteiger partial charge in [-0.2, -0.15) is 22.8 Å². The van der Waals surface area contributed by atoms with E-state index in [-0.39, 0.29) is 6.10 Å². The molecule has 4 rings (SSSR count). The van der Waals surface area contributed by atoms with Crippen LogP contribution in [-0.4, -0.2) is 19.8 Å². The van der Waals surface area contributed by atoms with Crippen molar-refractivity contribution in [1.29, 1.82) is 0 Å². The Balaban J connectivity index is 1.62. The first-order valence-electron chi connectivity index (χ1n) is 8.03. The van der Waals surface area contributed by atoms with Crippen LogP contribution in [0.1, 0.15) is 23.6 Å². The van der Waals surface area contributed by atoms with Crippen LogP contribution in [0.2, 0.25) is 0 Å². The van der Waals surface area contributed by atoms with Crippen molar-refractivity contribution in [2.24, 2.45) is 0 Å². The first kappa shape index (κ1) is 17.5. The quantitative estimate of drug-likeness (QED) is 0.491. The molecule has 2 aromatic carbocycles. The van der Waals surface area contributed by atoms with E-state index in [4.69, 9.17) is 4.74 Å². The normalized spacial score (nSPS) is 13.0. The minimum Gasteiger partial charge on any atom is -0.483 e. The summed E-state index contributed by atoms with van der Waals surface area (Å²) in [7, 11) is 0. The van der Waals surface area contributed by atoms with Crippen LogP contribution in [0.15, 0.2) is 54.6 Å². The minimum atomic E-state index is -4.38. The zero-order valence-electron chi connectivity index (χ0n) is 14.0. The zero-order chi connectivity index (χ0) is 19.0. The highest BCUT2D eigenvalue weighted by Crippen LogP contribution is 2.31. The molecule has 0 N–H and O–H groups in total. The Morgan fingerprint density at radius 2 is 1.70 bits per heavy atom. The van der Waals surface area contributed by atoms with Crippen molar-refractivity contribution in [3.63, 3.8) is 0 Å². The number of hydrogen-bond donors (Lipinski definition) is 0. The molecule has 2 heterocycles. The molecule has 0 aliphatic carbocycles. The summed E-state index contributed by atoms with van der Waals surface area (Å²) in [5, 5.41) is 13.3. The lowest BCUT2D eigenvalue weighted by Crippen LogP contribution is -2.05. The van der Waals surface area contributed by atoms with Crippen LogP contribution in [0.3, 0.4) is 0 Å². The molecule has 0 bridgehead atoms. The van der Waals surface area contributed by atoms with Gasteiger partial charge in [-0.15, -0.1) is 10.2 Å². The van der Waals surface area contributed by atoms with E-state index >= 15 is 0 Å². The highest BCUT2D eigenvalue weighted by atomic mass is 32.1. The molecule has 0 saturated heterocycles. The summed E-state index contributed by atoms with van der Waals surface area (Å²) in [4.78, 5) is 0.545. The third kappa shape index (κ3) is 3.50. The summed E-state index contributed by atoms with van der Waals surface area (Å²) < 4.78 is 45.6. The van der Waals surface area contributed by atoms with E-state index in [9.17, 15) is 13.2 Å². The largest absolute Gasteiger partial charge is 0.483 e. The van der Waals surface area contributed by atoms with Gasteiger partial charge in [-0.3, -0.25) is 0 Å². The Kier molecular flexibility index (Phi) is 4.31. The Morgan fingerprint density at radius 3 is 2.37 bits per heavy atom. The molecule has 0 fully saturated rings. The topological polar surface area (TPSA) is 52.3 Å². The van der Waals surface area contributed by atoms with Gasteiger partial charge in [0.25, 0.3) is 0 Å². The molecule has 0 aliphatic heterocycles. The lowest BCUT2D eigenvalue weighted by atomic mass is 10.1. The van der Waals surface area contributed by atoms with Crippen LogP contribution in [0.25, 0.3) is 16.3 Å². The van der Waals surface area contributed by atoms with Crippen LogP contribution < -0.4 is 4.74 Å². The number of hydrogen-bond acceptors (Lipinski definition) is 5. The van der Waals surface area contributed by atoms with E-state index in [0.29, 0.717) is 21.4 Å². The van der Waals surface area contributed by atoms with Crippen molar-refractivity contribution in [3.8, 4) is 17.1 Å². The zero-order valence-corrected chi connectivity index (χ0v) is 14.8. The van der Waals surface area contributed by atoms with Crippen LogP contribution in [0.4, 0.5) is 13.2 Å². The second-order valence-electron chi connectivity index (χ2n) is 5.81.